The van der Waals surface area contributed by atoms with Crippen LogP contribution in [0.2, 0.25) is 0 Å². The van der Waals surface area contributed by atoms with Crippen molar-refractivity contribution in [2.45, 2.75) is 13.3 Å². The van der Waals surface area contributed by atoms with Crippen molar-refractivity contribution < 1.29 is 0 Å². The standard InChI is InChI=1S/C7H10N2O2S/c1-2-5-12-9-4-3-6(10)8-7(9)11/h3-4H,2,5H2,1H3,(H,8,10,11). The van der Waals surface area contributed by atoms with Crippen molar-refractivity contribution in [2.75, 3.05) is 5.75 Å². The Morgan fingerprint density at radius 2 is 2.33 bits per heavy atom. The average Bonchev–Trinajstić information content (AvgIpc) is 2.03. The molecular formula is C7H10N2O2S. The van der Waals surface area contributed by atoms with Crippen LogP contribution in [0.1, 0.15) is 13.3 Å². The summed E-state index contributed by atoms with van der Waals surface area (Å²) < 4.78 is 1.42. The van der Waals surface area contributed by atoms with Gasteiger partial charge in [0.1, 0.15) is 0 Å². The lowest BCUT2D eigenvalue weighted by Gasteiger charge is -1.99. The Labute approximate surface area is 73.8 Å². The molecule has 0 aliphatic heterocycles. The summed E-state index contributed by atoms with van der Waals surface area (Å²) in [5.74, 6) is 0.867. The predicted molar refractivity (Wildman–Crippen MR) is 49.5 cm³/mol. The van der Waals surface area contributed by atoms with Gasteiger partial charge in [0.05, 0.1) is 0 Å². The molecule has 5 heteroatoms. The molecule has 0 radical (unpaired) electrons. The van der Waals surface area contributed by atoms with E-state index in [-0.39, 0.29) is 11.2 Å². The Bertz CT molecular complexity index is 355. The van der Waals surface area contributed by atoms with Crippen LogP contribution in [-0.2, 0) is 0 Å². The van der Waals surface area contributed by atoms with Gasteiger partial charge in [0.15, 0.2) is 0 Å². The maximum atomic E-state index is 11.0. The molecule has 1 N–H and O–H groups in total. The van der Waals surface area contributed by atoms with Gasteiger partial charge in [0.25, 0.3) is 5.56 Å². The van der Waals surface area contributed by atoms with Crippen LogP contribution in [0, 0.1) is 0 Å². The van der Waals surface area contributed by atoms with Crippen molar-refractivity contribution in [3.05, 3.63) is 33.1 Å². The third-order valence-electron chi connectivity index (χ3n) is 1.23. The Morgan fingerprint density at radius 3 is 2.92 bits per heavy atom. The van der Waals surface area contributed by atoms with Crippen LogP contribution in [0.3, 0.4) is 0 Å². The number of aromatic amines is 1. The van der Waals surface area contributed by atoms with Gasteiger partial charge in [-0.3, -0.25) is 9.78 Å². The number of nitrogens with zero attached hydrogens (tertiary/aromatic N) is 1. The molecule has 0 bridgehead atoms. The molecule has 1 aromatic rings. The van der Waals surface area contributed by atoms with Crippen LogP contribution in [0.4, 0.5) is 0 Å². The number of nitrogens with one attached hydrogen (secondary N) is 1. The van der Waals surface area contributed by atoms with Crippen LogP contribution in [0.5, 0.6) is 0 Å². The molecule has 0 aliphatic carbocycles. The average molecular weight is 186 g/mol. The molecule has 1 rings (SSSR count). The van der Waals surface area contributed by atoms with Crippen molar-refractivity contribution in [2.24, 2.45) is 0 Å². The molecule has 1 aromatic heterocycles. The minimum absolute atomic E-state index is 0.353. The number of aromatic nitrogens is 2. The van der Waals surface area contributed by atoms with E-state index < -0.39 is 0 Å². The predicted octanol–water partition coefficient (Wildman–Crippen LogP) is 0.443. The normalized spacial score (nSPS) is 10.1. The SMILES string of the molecule is CCCSn1ccc(=O)[nH]c1=O. The van der Waals surface area contributed by atoms with Gasteiger partial charge in [0.2, 0.25) is 0 Å². The molecule has 4 nitrogen and oxygen atoms in total. The summed E-state index contributed by atoms with van der Waals surface area (Å²) in [5, 5.41) is 0. The highest BCUT2D eigenvalue weighted by Crippen LogP contribution is 2.00. The van der Waals surface area contributed by atoms with E-state index in [1.165, 1.54) is 28.2 Å². The molecule has 0 spiro atoms. The molecule has 12 heavy (non-hydrogen) atoms. The van der Waals surface area contributed by atoms with Crippen molar-refractivity contribution in [1.29, 1.82) is 0 Å². The van der Waals surface area contributed by atoms with Gasteiger partial charge in [0, 0.05) is 18.0 Å². The Balaban J connectivity index is 2.87. The van der Waals surface area contributed by atoms with Crippen molar-refractivity contribution in [3.63, 3.8) is 0 Å². The van der Waals surface area contributed by atoms with Crippen molar-refractivity contribution in [1.82, 2.24) is 8.96 Å². The van der Waals surface area contributed by atoms with E-state index in [1.807, 2.05) is 6.92 Å². The van der Waals surface area contributed by atoms with Crippen LogP contribution in [0.15, 0.2) is 21.9 Å². The van der Waals surface area contributed by atoms with Crippen molar-refractivity contribution >= 4 is 11.9 Å². The summed E-state index contributed by atoms with van der Waals surface area (Å²) in [6.45, 7) is 2.03. The lowest BCUT2D eigenvalue weighted by molar-refractivity contribution is 0.980. The number of H-pyrrole nitrogens is 1. The number of hydrogen-bond acceptors (Lipinski definition) is 3. The summed E-state index contributed by atoms with van der Waals surface area (Å²) >= 11 is 1.39. The Hall–Kier alpha value is -0.970. The first-order chi connectivity index (χ1) is 5.74. The summed E-state index contributed by atoms with van der Waals surface area (Å²) in [7, 11) is 0. The van der Waals surface area contributed by atoms with E-state index in [0.717, 1.165) is 12.2 Å². The fourth-order valence-corrected chi connectivity index (χ4v) is 1.39. The van der Waals surface area contributed by atoms with Gasteiger partial charge in [-0.1, -0.05) is 6.92 Å². The zero-order chi connectivity index (χ0) is 8.97. The molecule has 66 valence electrons. The fraction of sp³-hybridized carbons (Fsp3) is 0.429. The topological polar surface area (TPSA) is 54.9 Å². The van der Waals surface area contributed by atoms with Gasteiger partial charge in [-0.05, 0) is 18.4 Å². The molecule has 0 aromatic carbocycles. The third-order valence-corrected chi connectivity index (χ3v) is 2.38. The third kappa shape index (κ3) is 2.27. The van der Waals surface area contributed by atoms with Gasteiger partial charge >= 0.3 is 5.69 Å². The highest BCUT2D eigenvalue weighted by atomic mass is 32.2. The summed E-state index contributed by atoms with van der Waals surface area (Å²) in [6.07, 6.45) is 2.48. The minimum atomic E-state index is -0.360. The summed E-state index contributed by atoms with van der Waals surface area (Å²) in [6, 6.07) is 1.34. The zero-order valence-electron chi connectivity index (χ0n) is 6.74. The smallest absolute Gasteiger partial charge is 0.273 e. The van der Waals surface area contributed by atoms with Gasteiger partial charge in [-0.25, -0.2) is 8.77 Å². The molecule has 0 saturated heterocycles. The first kappa shape index (κ1) is 9.12. The zero-order valence-corrected chi connectivity index (χ0v) is 7.56. The molecule has 0 unspecified atom stereocenters. The highest BCUT2D eigenvalue weighted by molar-refractivity contribution is 7.97. The maximum Gasteiger partial charge on any atom is 0.338 e. The van der Waals surface area contributed by atoms with Crippen LogP contribution < -0.4 is 11.2 Å². The molecule has 0 fully saturated rings. The quantitative estimate of drug-likeness (QED) is 0.745. The van der Waals surface area contributed by atoms with E-state index in [2.05, 4.69) is 4.98 Å². The van der Waals surface area contributed by atoms with E-state index in [0.29, 0.717) is 0 Å². The lowest BCUT2D eigenvalue weighted by Crippen LogP contribution is -2.25. The molecule has 0 saturated carbocycles. The Kier molecular flexibility index (Phi) is 3.16. The number of rotatable bonds is 3. The minimum Gasteiger partial charge on any atom is -0.273 e. The van der Waals surface area contributed by atoms with Gasteiger partial charge < -0.3 is 0 Å². The largest absolute Gasteiger partial charge is 0.338 e. The number of hydrogen-bond donors (Lipinski definition) is 1. The van der Waals surface area contributed by atoms with Crippen LogP contribution in [0.25, 0.3) is 0 Å². The Morgan fingerprint density at radius 1 is 1.58 bits per heavy atom. The fourth-order valence-electron chi connectivity index (χ4n) is 0.697. The van der Waals surface area contributed by atoms with E-state index in [9.17, 15) is 9.59 Å². The van der Waals surface area contributed by atoms with Crippen LogP contribution >= 0.6 is 11.9 Å². The lowest BCUT2D eigenvalue weighted by atomic mass is 10.6. The molecule has 0 atom stereocenters. The monoisotopic (exact) mass is 186 g/mol. The first-order valence-corrected chi connectivity index (χ1v) is 4.63. The van der Waals surface area contributed by atoms with Gasteiger partial charge in [-0.2, -0.15) is 0 Å². The second-order valence-electron chi connectivity index (χ2n) is 2.27. The second-order valence-corrected chi connectivity index (χ2v) is 3.33. The van der Waals surface area contributed by atoms with Crippen molar-refractivity contribution in [3.8, 4) is 0 Å². The van der Waals surface area contributed by atoms with E-state index in [4.69, 9.17) is 0 Å². The van der Waals surface area contributed by atoms with Gasteiger partial charge in [-0.15, -0.1) is 0 Å². The van der Waals surface area contributed by atoms with Crippen LogP contribution in [-0.4, -0.2) is 14.7 Å². The summed E-state index contributed by atoms with van der Waals surface area (Å²) in [5.41, 5.74) is -0.714. The second kappa shape index (κ2) is 4.15. The maximum absolute atomic E-state index is 11.0. The van der Waals surface area contributed by atoms with E-state index >= 15 is 0 Å². The molecule has 0 aliphatic rings. The molecule has 1 heterocycles. The summed E-state index contributed by atoms with van der Waals surface area (Å²) in [4.78, 5) is 23.8. The molecule has 0 amide bonds. The van der Waals surface area contributed by atoms with E-state index in [1.54, 1.807) is 0 Å². The first-order valence-electron chi connectivity index (χ1n) is 3.69. The highest BCUT2D eigenvalue weighted by Gasteiger charge is 1.94. The molecular weight excluding hydrogens is 176 g/mol.